The molecule has 1 unspecified atom stereocenters. The highest BCUT2D eigenvalue weighted by molar-refractivity contribution is 5.96. The molecule has 0 bridgehead atoms. The number of aliphatic carboxylic acids is 2. The van der Waals surface area contributed by atoms with Crippen LogP contribution in [0.4, 0.5) is 11.8 Å². The molecule has 13 nitrogen and oxygen atoms in total. The lowest BCUT2D eigenvalue weighted by molar-refractivity contribution is -0.140. The summed E-state index contributed by atoms with van der Waals surface area (Å²) in [5.74, 6) is -2.67. The van der Waals surface area contributed by atoms with Gasteiger partial charge in [-0.15, -0.1) is 0 Å². The van der Waals surface area contributed by atoms with E-state index in [0.29, 0.717) is 37.4 Å². The highest BCUT2D eigenvalue weighted by atomic mass is 16.4. The zero-order chi connectivity index (χ0) is 28.7. The standard InChI is InChI=1S/C26H34N6O7/c1-26(2,3)24(39)32-25-30-20-17(22(36)31-25)10-15(13-28-20)12-27-11-14-5-4-6-16(9-14)21(35)29-18(23(37)38)7-8-19(33)34/h4-6,9,15,18,27H,7-8,10-13H2,1-3H3,(H,29,35)(H,33,34)(H,37,38)(H3,28,30,31,32,36,39)/t15?,18-/m0/s1. The Labute approximate surface area is 224 Å². The minimum atomic E-state index is -1.31. The summed E-state index contributed by atoms with van der Waals surface area (Å²) in [4.78, 5) is 66.5. The van der Waals surface area contributed by atoms with Crippen LogP contribution in [-0.2, 0) is 27.3 Å². The fourth-order valence-electron chi connectivity index (χ4n) is 3.94. The molecule has 3 rings (SSSR count). The Bertz CT molecular complexity index is 1300. The molecule has 210 valence electrons. The van der Waals surface area contributed by atoms with Crippen LogP contribution in [0, 0.1) is 11.3 Å². The van der Waals surface area contributed by atoms with Crippen molar-refractivity contribution >= 4 is 35.5 Å². The molecule has 0 spiro atoms. The molecule has 2 amide bonds. The number of carbonyl (C=O) groups excluding carboxylic acids is 2. The summed E-state index contributed by atoms with van der Waals surface area (Å²) in [7, 11) is 0. The second-order valence-corrected chi connectivity index (χ2v) is 10.5. The number of anilines is 2. The van der Waals surface area contributed by atoms with Gasteiger partial charge in [-0.05, 0) is 36.5 Å². The van der Waals surface area contributed by atoms with Gasteiger partial charge >= 0.3 is 11.9 Å². The van der Waals surface area contributed by atoms with E-state index in [1.165, 1.54) is 0 Å². The third-order valence-electron chi connectivity index (χ3n) is 6.18. The molecule has 0 aliphatic carbocycles. The molecular weight excluding hydrogens is 508 g/mol. The van der Waals surface area contributed by atoms with Gasteiger partial charge in [-0.3, -0.25) is 29.5 Å². The molecule has 0 saturated heterocycles. The van der Waals surface area contributed by atoms with E-state index in [2.05, 4.69) is 31.2 Å². The zero-order valence-electron chi connectivity index (χ0n) is 22.1. The highest BCUT2D eigenvalue weighted by Crippen LogP contribution is 2.21. The van der Waals surface area contributed by atoms with Crippen LogP contribution in [-0.4, -0.2) is 63.1 Å². The average Bonchev–Trinajstić information content (AvgIpc) is 2.86. The quantitative estimate of drug-likeness (QED) is 0.216. The van der Waals surface area contributed by atoms with E-state index in [1.807, 2.05) is 6.07 Å². The van der Waals surface area contributed by atoms with Crippen molar-refractivity contribution in [2.24, 2.45) is 11.3 Å². The Morgan fingerprint density at radius 2 is 1.92 bits per heavy atom. The van der Waals surface area contributed by atoms with E-state index in [9.17, 15) is 29.1 Å². The van der Waals surface area contributed by atoms with Crippen molar-refractivity contribution in [1.29, 1.82) is 0 Å². The number of aromatic nitrogens is 2. The minimum absolute atomic E-state index is 0.0902. The molecule has 1 aromatic carbocycles. The Balaban J connectivity index is 1.54. The Morgan fingerprint density at radius 3 is 2.59 bits per heavy atom. The number of fused-ring (bicyclic) bond motifs is 1. The number of carbonyl (C=O) groups is 4. The Morgan fingerprint density at radius 1 is 1.18 bits per heavy atom. The maximum absolute atomic E-state index is 12.6. The van der Waals surface area contributed by atoms with Gasteiger partial charge in [0, 0.05) is 37.0 Å². The summed E-state index contributed by atoms with van der Waals surface area (Å²) in [6.07, 6.45) is -0.111. The summed E-state index contributed by atoms with van der Waals surface area (Å²) >= 11 is 0. The third kappa shape index (κ3) is 8.37. The SMILES string of the molecule is CC(C)(C)C(=O)Nc1nc2c(c(=O)[nH]1)CC(CNCc1cccc(C(=O)N[C@@H](CCC(=O)O)C(=O)O)c1)CN2. The van der Waals surface area contributed by atoms with Crippen LogP contribution in [0.15, 0.2) is 29.1 Å². The molecule has 1 aliphatic rings. The smallest absolute Gasteiger partial charge is 0.326 e. The van der Waals surface area contributed by atoms with Crippen molar-refractivity contribution in [2.45, 2.75) is 52.6 Å². The van der Waals surface area contributed by atoms with Gasteiger partial charge in [0.05, 0.1) is 5.56 Å². The van der Waals surface area contributed by atoms with E-state index in [0.717, 1.165) is 5.56 Å². The second kappa shape index (κ2) is 12.5. The van der Waals surface area contributed by atoms with E-state index in [1.54, 1.807) is 39.0 Å². The number of carboxylic acids is 2. The maximum Gasteiger partial charge on any atom is 0.326 e. The number of carboxylic acid groups (broad SMARTS) is 2. The summed E-state index contributed by atoms with van der Waals surface area (Å²) in [6, 6.07) is 5.38. The van der Waals surface area contributed by atoms with Gasteiger partial charge in [-0.1, -0.05) is 32.9 Å². The van der Waals surface area contributed by atoms with Gasteiger partial charge in [0.2, 0.25) is 11.9 Å². The number of nitrogens with one attached hydrogen (secondary N) is 5. The number of aromatic amines is 1. The molecule has 0 radical (unpaired) electrons. The topological polar surface area (TPSA) is 203 Å². The number of benzene rings is 1. The maximum atomic E-state index is 12.6. The van der Waals surface area contributed by atoms with E-state index >= 15 is 0 Å². The minimum Gasteiger partial charge on any atom is -0.481 e. The van der Waals surface area contributed by atoms with Crippen LogP contribution in [0.3, 0.4) is 0 Å². The first kappa shape index (κ1) is 29.3. The van der Waals surface area contributed by atoms with Crippen LogP contribution in [0.25, 0.3) is 0 Å². The summed E-state index contributed by atoms with van der Waals surface area (Å²) in [5, 5.41) is 29.5. The molecule has 39 heavy (non-hydrogen) atoms. The fraction of sp³-hybridized carbons (Fsp3) is 0.462. The van der Waals surface area contributed by atoms with Crippen LogP contribution < -0.4 is 26.8 Å². The number of hydrogen-bond donors (Lipinski definition) is 7. The monoisotopic (exact) mass is 542 g/mol. The van der Waals surface area contributed by atoms with Crippen molar-refractivity contribution in [2.75, 3.05) is 23.7 Å². The van der Waals surface area contributed by atoms with Crippen LogP contribution in [0.1, 0.15) is 55.1 Å². The molecule has 1 aromatic heterocycles. The average molecular weight is 543 g/mol. The summed E-state index contributed by atoms with van der Waals surface area (Å²) in [6.45, 7) is 6.86. The lowest BCUT2D eigenvalue weighted by Crippen LogP contribution is -2.41. The summed E-state index contributed by atoms with van der Waals surface area (Å²) in [5.41, 5.74) is 0.615. The van der Waals surface area contributed by atoms with Gasteiger partial charge in [0.1, 0.15) is 11.9 Å². The number of rotatable bonds is 11. The molecule has 1 aliphatic heterocycles. The van der Waals surface area contributed by atoms with Gasteiger partial charge in [-0.25, -0.2) is 4.79 Å². The normalized spacial score (nSPS) is 15.4. The van der Waals surface area contributed by atoms with Gasteiger partial charge < -0.3 is 26.2 Å². The molecule has 2 atom stereocenters. The van der Waals surface area contributed by atoms with E-state index in [-0.39, 0.29) is 41.7 Å². The van der Waals surface area contributed by atoms with Crippen LogP contribution in [0.5, 0.6) is 0 Å². The molecule has 2 aromatic rings. The van der Waals surface area contributed by atoms with Crippen molar-refractivity contribution in [3.05, 3.63) is 51.3 Å². The van der Waals surface area contributed by atoms with Gasteiger partial charge in [0.15, 0.2) is 0 Å². The largest absolute Gasteiger partial charge is 0.481 e. The number of H-pyrrole nitrogens is 1. The molecule has 0 fully saturated rings. The first-order valence-corrected chi connectivity index (χ1v) is 12.6. The van der Waals surface area contributed by atoms with E-state index < -0.39 is 29.3 Å². The highest BCUT2D eigenvalue weighted by Gasteiger charge is 2.26. The second-order valence-electron chi connectivity index (χ2n) is 10.5. The van der Waals surface area contributed by atoms with E-state index in [4.69, 9.17) is 5.11 Å². The predicted octanol–water partition coefficient (Wildman–Crippen LogP) is 1.18. The molecular formula is C26H34N6O7. The molecule has 13 heteroatoms. The summed E-state index contributed by atoms with van der Waals surface area (Å²) < 4.78 is 0. The first-order valence-electron chi connectivity index (χ1n) is 12.6. The zero-order valence-corrected chi connectivity index (χ0v) is 22.1. The van der Waals surface area contributed by atoms with Crippen LogP contribution in [0.2, 0.25) is 0 Å². The van der Waals surface area contributed by atoms with Crippen molar-refractivity contribution in [1.82, 2.24) is 20.6 Å². The number of amides is 2. The first-order chi connectivity index (χ1) is 18.3. The molecule has 2 heterocycles. The molecule has 0 saturated carbocycles. The number of nitrogens with zero attached hydrogens (tertiary/aromatic N) is 1. The predicted molar refractivity (Wildman–Crippen MR) is 143 cm³/mol. The fourth-order valence-corrected chi connectivity index (χ4v) is 3.94. The van der Waals surface area contributed by atoms with Crippen molar-refractivity contribution in [3.63, 3.8) is 0 Å². The third-order valence-corrected chi connectivity index (χ3v) is 6.18. The van der Waals surface area contributed by atoms with Gasteiger partial charge in [0.25, 0.3) is 11.5 Å². The van der Waals surface area contributed by atoms with Crippen LogP contribution >= 0.6 is 0 Å². The van der Waals surface area contributed by atoms with Crippen molar-refractivity contribution in [3.8, 4) is 0 Å². The number of hydrogen-bond acceptors (Lipinski definition) is 8. The lowest BCUT2D eigenvalue weighted by atomic mass is 9.96. The Hall–Kier alpha value is -4.26. The lowest BCUT2D eigenvalue weighted by Gasteiger charge is -2.25. The molecule has 7 N–H and O–H groups in total. The Kier molecular flexibility index (Phi) is 9.41. The van der Waals surface area contributed by atoms with Gasteiger partial charge in [-0.2, -0.15) is 4.98 Å². The van der Waals surface area contributed by atoms with Crippen molar-refractivity contribution < 1.29 is 29.4 Å².